The third-order valence-corrected chi connectivity index (χ3v) is 4.92. The van der Waals surface area contributed by atoms with Crippen molar-refractivity contribution in [2.75, 3.05) is 36.6 Å². The lowest BCUT2D eigenvalue weighted by molar-refractivity contribution is 0.0695. The Morgan fingerprint density at radius 2 is 2.08 bits per heavy atom. The maximum absolute atomic E-state index is 14.9. The molecule has 0 spiro atoms. The highest BCUT2D eigenvalue weighted by Crippen LogP contribution is 2.41. The largest absolute Gasteiger partial charge is 0.504 e. The third kappa shape index (κ3) is 2.02. The number of benzene rings is 1. The topological polar surface area (TPSA) is 112 Å². The number of pyridine rings is 1. The minimum absolute atomic E-state index is 0.0627. The number of hydrogen-bond acceptors (Lipinski definition) is 6. The molecule has 0 bridgehead atoms. The van der Waals surface area contributed by atoms with Crippen molar-refractivity contribution in [2.24, 2.45) is 5.73 Å². The standard InChI is InChI=1S/C16H17FN4O4/c1-19-3-2-8-12-10(14(22)9(16(24)25)6-21(12)19)15(23)11(17)13(8)20-4-7(18)5-20/h6-7,23H,2-5,18H2,1H3,(H,24,25). The van der Waals surface area contributed by atoms with Crippen LogP contribution in [0, 0.1) is 5.82 Å². The van der Waals surface area contributed by atoms with Crippen LogP contribution < -0.4 is 21.1 Å². The summed E-state index contributed by atoms with van der Waals surface area (Å²) in [5.41, 5.74) is 5.56. The van der Waals surface area contributed by atoms with E-state index in [0.717, 1.165) is 0 Å². The Kier molecular flexibility index (Phi) is 3.20. The van der Waals surface area contributed by atoms with Gasteiger partial charge >= 0.3 is 5.97 Å². The summed E-state index contributed by atoms with van der Waals surface area (Å²) in [6, 6.07) is -0.0627. The molecule has 4 N–H and O–H groups in total. The molecule has 1 fully saturated rings. The zero-order valence-corrected chi connectivity index (χ0v) is 13.5. The Balaban J connectivity index is 2.14. The van der Waals surface area contributed by atoms with Crippen molar-refractivity contribution in [3.63, 3.8) is 0 Å². The van der Waals surface area contributed by atoms with Gasteiger partial charge in [0.25, 0.3) is 0 Å². The van der Waals surface area contributed by atoms with E-state index in [1.807, 2.05) is 0 Å². The van der Waals surface area contributed by atoms with Crippen LogP contribution in [0.25, 0.3) is 10.9 Å². The molecule has 1 saturated heterocycles. The minimum atomic E-state index is -1.42. The van der Waals surface area contributed by atoms with Crippen molar-refractivity contribution in [2.45, 2.75) is 12.5 Å². The summed E-state index contributed by atoms with van der Waals surface area (Å²) in [6.07, 6.45) is 1.69. The number of rotatable bonds is 2. The number of nitrogens with two attached hydrogens (primary N) is 1. The van der Waals surface area contributed by atoms with Crippen LogP contribution >= 0.6 is 0 Å². The Hall–Kier alpha value is -2.81. The summed E-state index contributed by atoms with van der Waals surface area (Å²) in [7, 11) is 1.73. The lowest BCUT2D eigenvalue weighted by Crippen LogP contribution is -2.56. The molecule has 1 aromatic heterocycles. The highest BCUT2D eigenvalue weighted by molar-refractivity contribution is 5.99. The molecule has 0 aliphatic carbocycles. The molecule has 132 valence electrons. The highest BCUT2D eigenvalue weighted by atomic mass is 19.1. The Labute approximate surface area is 141 Å². The van der Waals surface area contributed by atoms with Crippen molar-refractivity contribution < 1.29 is 19.4 Å². The van der Waals surface area contributed by atoms with Crippen LogP contribution in [0.1, 0.15) is 15.9 Å². The first kappa shape index (κ1) is 15.7. The number of carbonyl (C=O) groups is 1. The van der Waals surface area contributed by atoms with E-state index in [-0.39, 0.29) is 17.1 Å². The minimum Gasteiger partial charge on any atom is -0.504 e. The number of likely N-dealkylation sites (N-methyl/N-ethyl adjacent to an activating group) is 1. The number of aromatic carboxylic acids is 1. The summed E-state index contributed by atoms with van der Waals surface area (Å²) in [6.45, 7) is 1.44. The Morgan fingerprint density at radius 1 is 1.40 bits per heavy atom. The number of phenols is 1. The summed E-state index contributed by atoms with van der Waals surface area (Å²) >= 11 is 0. The molecule has 4 rings (SSSR count). The zero-order chi connectivity index (χ0) is 18.0. The van der Waals surface area contributed by atoms with Gasteiger partial charge in [-0.05, 0) is 6.42 Å². The number of carboxylic acid groups (broad SMARTS) is 1. The Bertz CT molecular complexity index is 981. The second kappa shape index (κ2) is 5.09. The van der Waals surface area contributed by atoms with Crippen LogP contribution in [-0.4, -0.2) is 53.6 Å². The molecule has 0 amide bonds. The van der Waals surface area contributed by atoms with Crippen molar-refractivity contribution in [1.82, 2.24) is 4.68 Å². The average Bonchev–Trinajstić information content (AvgIpc) is 2.53. The summed E-state index contributed by atoms with van der Waals surface area (Å²) < 4.78 is 16.4. The summed E-state index contributed by atoms with van der Waals surface area (Å²) in [5.74, 6) is -3.13. The van der Waals surface area contributed by atoms with Gasteiger partial charge in [-0.25, -0.2) is 9.18 Å². The summed E-state index contributed by atoms with van der Waals surface area (Å²) in [5, 5.41) is 21.1. The smallest absolute Gasteiger partial charge is 0.341 e. The molecular formula is C16H17FN4O4. The normalized spacial score (nSPS) is 17.1. The SMILES string of the molecule is CN1CCc2c(N3CC(N)C3)c(F)c(O)c3c(=O)c(C(=O)O)cn1c23. The fraction of sp³-hybridized carbons (Fsp3) is 0.375. The highest BCUT2D eigenvalue weighted by Gasteiger charge is 2.34. The zero-order valence-electron chi connectivity index (χ0n) is 13.5. The van der Waals surface area contributed by atoms with Gasteiger partial charge in [-0.1, -0.05) is 0 Å². The van der Waals surface area contributed by atoms with E-state index in [9.17, 15) is 24.2 Å². The van der Waals surface area contributed by atoms with E-state index >= 15 is 0 Å². The lowest BCUT2D eigenvalue weighted by Gasteiger charge is -2.42. The van der Waals surface area contributed by atoms with Gasteiger partial charge in [0.1, 0.15) is 5.56 Å². The van der Waals surface area contributed by atoms with Gasteiger partial charge in [-0.3, -0.25) is 9.47 Å². The van der Waals surface area contributed by atoms with Gasteiger partial charge in [0.2, 0.25) is 5.43 Å². The van der Waals surface area contributed by atoms with Crippen molar-refractivity contribution >= 4 is 22.6 Å². The van der Waals surface area contributed by atoms with Crippen molar-refractivity contribution in [3.8, 4) is 5.75 Å². The molecule has 2 aliphatic rings. The predicted molar refractivity (Wildman–Crippen MR) is 89.7 cm³/mol. The average molecular weight is 348 g/mol. The van der Waals surface area contributed by atoms with Gasteiger partial charge in [0.05, 0.1) is 16.6 Å². The number of nitrogens with zero attached hydrogens (tertiary/aromatic N) is 3. The molecule has 25 heavy (non-hydrogen) atoms. The van der Waals surface area contributed by atoms with Gasteiger partial charge in [0.15, 0.2) is 11.6 Å². The van der Waals surface area contributed by atoms with E-state index in [1.165, 1.54) is 10.9 Å². The van der Waals surface area contributed by atoms with E-state index in [4.69, 9.17) is 5.73 Å². The number of hydrogen-bond donors (Lipinski definition) is 3. The number of halogens is 1. The van der Waals surface area contributed by atoms with Crippen LogP contribution in [0.3, 0.4) is 0 Å². The van der Waals surface area contributed by atoms with Crippen LogP contribution in [0.2, 0.25) is 0 Å². The first-order valence-electron chi connectivity index (χ1n) is 7.89. The molecule has 3 heterocycles. The van der Waals surface area contributed by atoms with E-state index in [2.05, 4.69) is 0 Å². The number of aromatic hydroxyl groups is 1. The molecule has 0 saturated carbocycles. The van der Waals surface area contributed by atoms with E-state index in [0.29, 0.717) is 37.1 Å². The quantitative estimate of drug-likeness (QED) is 0.690. The van der Waals surface area contributed by atoms with Gasteiger partial charge in [-0.2, -0.15) is 0 Å². The monoisotopic (exact) mass is 348 g/mol. The van der Waals surface area contributed by atoms with Crippen LogP contribution in [0.5, 0.6) is 5.75 Å². The molecule has 2 aliphatic heterocycles. The first-order valence-corrected chi connectivity index (χ1v) is 7.89. The molecular weight excluding hydrogens is 331 g/mol. The second-order valence-electron chi connectivity index (χ2n) is 6.53. The lowest BCUT2D eigenvalue weighted by atomic mass is 9.96. The Morgan fingerprint density at radius 3 is 2.68 bits per heavy atom. The number of anilines is 1. The molecule has 1 aromatic carbocycles. The second-order valence-corrected chi connectivity index (χ2v) is 6.53. The molecule has 0 unspecified atom stereocenters. The van der Waals surface area contributed by atoms with Gasteiger partial charge < -0.3 is 25.9 Å². The van der Waals surface area contributed by atoms with Crippen LogP contribution in [-0.2, 0) is 6.42 Å². The van der Waals surface area contributed by atoms with Gasteiger partial charge in [-0.15, -0.1) is 0 Å². The molecule has 8 nitrogen and oxygen atoms in total. The first-order chi connectivity index (χ1) is 11.8. The fourth-order valence-electron chi connectivity index (χ4n) is 3.64. The van der Waals surface area contributed by atoms with Crippen LogP contribution in [0.15, 0.2) is 11.0 Å². The maximum Gasteiger partial charge on any atom is 0.341 e. The molecule has 0 radical (unpaired) electrons. The van der Waals surface area contributed by atoms with E-state index in [1.54, 1.807) is 17.0 Å². The molecule has 0 atom stereocenters. The molecule has 2 aromatic rings. The van der Waals surface area contributed by atoms with Crippen LogP contribution in [0.4, 0.5) is 10.1 Å². The van der Waals surface area contributed by atoms with Gasteiger partial charge in [0, 0.05) is 44.5 Å². The third-order valence-electron chi connectivity index (χ3n) is 4.92. The number of aromatic nitrogens is 1. The fourth-order valence-corrected chi connectivity index (χ4v) is 3.64. The summed E-state index contributed by atoms with van der Waals surface area (Å²) in [4.78, 5) is 25.7. The predicted octanol–water partition coefficient (Wildman–Crippen LogP) is -0.184. The van der Waals surface area contributed by atoms with Crippen molar-refractivity contribution in [3.05, 3.63) is 33.4 Å². The molecule has 9 heteroatoms. The maximum atomic E-state index is 14.9. The number of carboxylic acids is 1. The van der Waals surface area contributed by atoms with E-state index < -0.39 is 28.5 Å². The van der Waals surface area contributed by atoms with Crippen molar-refractivity contribution in [1.29, 1.82) is 0 Å². The number of phenolic OH excluding ortho intramolecular Hbond substituents is 1.